The molecule has 0 bridgehead atoms. The number of likely N-dealkylation sites (N-methyl/N-ethyl adjacent to an activating group) is 1. The van der Waals surface area contributed by atoms with Crippen molar-refractivity contribution < 1.29 is 9.47 Å². The van der Waals surface area contributed by atoms with Crippen LogP contribution in [-0.4, -0.2) is 63.0 Å². The van der Waals surface area contributed by atoms with Crippen molar-refractivity contribution in [1.29, 1.82) is 0 Å². The molecule has 2 aliphatic rings. The lowest BCUT2D eigenvalue weighted by molar-refractivity contribution is -0.0310. The molecule has 0 radical (unpaired) electrons. The molecule has 2 heterocycles. The van der Waals surface area contributed by atoms with Crippen molar-refractivity contribution in [2.24, 2.45) is 5.92 Å². The van der Waals surface area contributed by atoms with Gasteiger partial charge in [-0.2, -0.15) is 0 Å². The average molecular weight is 242 g/mol. The minimum atomic E-state index is 0.164. The highest BCUT2D eigenvalue weighted by Gasteiger charge is 2.40. The molecule has 17 heavy (non-hydrogen) atoms. The number of hydrogen-bond acceptors (Lipinski definition) is 4. The Morgan fingerprint density at radius 3 is 2.41 bits per heavy atom. The van der Waals surface area contributed by atoms with E-state index in [-0.39, 0.29) is 5.54 Å². The number of nitrogens with one attached hydrogen (secondary N) is 1. The van der Waals surface area contributed by atoms with Gasteiger partial charge in [-0.1, -0.05) is 0 Å². The van der Waals surface area contributed by atoms with Crippen LogP contribution in [0.3, 0.4) is 0 Å². The predicted octanol–water partition coefficient (Wildman–Crippen LogP) is 0.722. The molecule has 2 atom stereocenters. The van der Waals surface area contributed by atoms with Gasteiger partial charge >= 0.3 is 0 Å². The van der Waals surface area contributed by atoms with Crippen molar-refractivity contribution in [2.75, 3.05) is 46.6 Å². The summed E-state index contributed by atoms with van der Waals surface area (Å²) in [5.74, 6) is 0.637. The molecule has 1 N–H and O–H groups in total. The van der Waals surface area contributed by atoms with E-state index in [1.54, 1.807) is 0 Å². The maximum atomic E-state index is 5.54. The molecule has 4 nitrogen and oxygen atoms in total. The summed E-state index contributed by atoms with van der Waals surface area (Å²) in [5, 5.41) is 3.52. The van der Waals surface area contributed by atoms with E-state index in [0.717, 1.165) is 39.5 Å². The zero-order chi connectivity index (χ0) is 12.3. The molecule has 100 valence electrons. The quantitative estimate of drug-likeness (QED) is 0.788. The third-order valence-corrected chi connectivity index (χ3v) is 4.33. The van der Waals surface area contributed by atoms with Crippen LogP contribution in [-0.2, 0) is 9.47 Å². The van der Waals surface area contributed by atoms with Crippen molar-refractivity contribution in [3.63, 3.8) is 0 Å². The fourth-order valence-corrected chi connectivity index (χ4v) is 3.32. The van der Waals surface area contributed by atoms with E-state index in [4.69, 9.17) is 9.47 Å². The minimum Gasteiger partial charge on any atom is -0.381 e. The Labute approximate surface area is 105 Å². The van der Waals surface area contributed by atoms with Crippen LogP contribution < -0.4 is 5.32 Å². The lowest BCUT2D eigenvalue weighted by Crippen LogP contribution is -2.62. The lowest BCUT2D eigenvalue weighted by atomic mass is 9.82. The van der Waals surface area contributed by atoms with Gasteiger partial charge in [-0.3, -0.25) is 4.90 Å². The molecule has 2 aliphatic heterocycles. The lowest BCUT2D eigenvalue weighted by Gasteiger charge is -2.47. The Morgan fingerprint density at radius 2 is 1.88 bits per heavy atom. The Hall–Kier alpha value is -0.160. The smallest absolute Gasteiger partial charge is 0.0594 e. The van der Waals surface area contributed by atoms with E-state index in [9.17, 15) is 0 Å². The standard InChI is InChI=1S/C13H26N2O2/c1-13(2,15-5-8-16-9-6-15)12(14-3)11-4-7-17-10-11/h11-12,14H,4-10H2,1-3H3. The van der Waals surface area contributed by atoms with Crippen LogP contribution in [0.2, 0.25) is 0 Å². The number of ether oxygens (including phenoxy) is 2. The highest BCUT2D eigenvalue weighted by molar-refractivity contribution is 4.98. The third kappa shape index (κ3) is 2.81. The zero-order valence-corrected chi connectivity index (χ0v) is 11.4. The molecule has 2 rings (SSSR count). The van der Waals surface area contributed by atoms with Gasteiger partial charge in [-0.25, -0.2) is 0 Å². The predicted molar refractivity (Wildman–Crippen MR) is 68.2 cm³/mol. The van der Waals surface area contributed by atoms with Crippen molar-refractivity contribution in [2.45, 2.75) is 31.8 Å². The van der Waals surface area contributed by atoms with E-state index in [2.05, 4.69) is 31.1 Å². The average Bonchev–Trinajstić information content (AvgIpc) is 2.84. The van der Waals surface area contributed by atoms with Crippen LogP contribution in [0.4, 0.5) is 0 Å². The van der Waals surface area contributed by atoms with Gasteiger partial charge in [-0.05, 0) is 27.3 Å². The molecule has 0 aromatic rings. The summed E-state index contributed by atoms with van der Waals surface area (Å²) in [5.41, 5.74) is 0.164. The van der Waals surface area contributed by atoms with Gasteiger partial charge in [0.2, 0.25) is 0 Å². The van der Waals surface area contributed by atoms with E-state index in [0.29, 0.717) is 12.0 Å². The molecule has 0 aliphatic carbocycles. The Kier molecular flexibility index (Phi) is 4.42. The van der Waals surface area contributed by atoms with E-state index < -0.39 is 0 Å². The van der Waals surface area contributed by atoms with Gasteiger partial charge in [0.05, 0.1) is 19.8 Å². The van der Waals surface area contributed by atoms with Crippen molar-refractivity contribution in [3.05, 3.63) is 0 Å². The first-order valence-corrected chi connectivity index (χ1v) is 6.74. The van der Waals surface area contributed by atoms with Crippen LogP contribution in [0.25, 0.3) is 0 Å². The molecule has 2 saturated heterocycles. The van der Waals surface area contributed by atoms with Gasteiger partial charge in [0.15, 0.2) is 0 Å². The molecule has 0 saturated carbocycles. The first-order chi connectivity index (χ1) is 8.16. The van der Waals surface area contributed by atoms with E-state index in [1.807, 2.05) is 0 Å². The normalized spacial score (nSPS) is 29.5. The molecule has 0 aromatic carbocycles. The first-order valence-electron chi connectivity index (χ1n) is 6.74. The minimum absolute atomic E-state index is 0.164. The van der Waals surface area contributed by atoms with E-state index in [1.165, 1.54) is 6.42 Å². The topological polar surface area (TPSA) is 33.7 Å². The van der Waals surface area contributed by atoms with Crippen LogP contribution >= 0.6 is 0 Å². The largest absolute Gasteiger partial charge is 0.381 e. The number of rotatable bonds is 4. The summed E-state index contributed by atoms with van der Waals surface area (Å²) in [7, 11) is 2.07. The molecule has 0 aromatic heterocycles. The summed E-state index contributed by atoms with van der Waals surface area (Å²) < 4.78 is 11.0. The van der Waals surface area contributed by atoms with E-state index >= 15 is 0 Å². The summed E-state index contributed by atoms with van der Waals surface area (Å²) in [6.07, 6.45) is 1.18. The molecule has 0 spiro atoms. The summed E-state index contributed by atoms with van der Waals surface area (Å²) in [6.45, 7) is 10.3. The first kappa shape index (κ1) is 13.3. The van der Waals surface area contributed by atoms with Gasteiger partial charge in [0.25, 0.3) is 0 Å². The van der Waals surface area contributed by atoms with Crippen LogP contribution in [0.1, 0.15) is 20.3 Å². The molecular formula is C13H26N2O2. The van der Waals surface area contributed by atoms with Crippen molar-refractivity contribution >= 4 is 0 Å². The van der Waals surface area contributed by atoms with Crippen molar-refractivity contribution in [1.82, 2.24) is 10.2 Å². The summed E-state index contributed by atoms with van der Waals surface area (Å²) >= 11 is 0. The Bertz CT molecular complexity index is 234. The second kappa shape index (κ2) is 5.65. The van der Waals surface area contributed by atoms with Crippen LogP contribution in [0.5, 0.6) is 0 Å². The number of hydrogen-bond donors (Lipinski definition) is 1. The highest BCUT2D eigenvalue weighted by atomic mass is 16.5. The molecular weight excluding hydrogens is 216 g/mol. The Morgan fingerprint density at radius 1 is 1.18 bits per heavy atom. The fraction of sp³-hybridized carbons (Fsp3) is 1.00. The number of nitrogens with zero attached hydrogens (tertiary/aromatic N) is 1. The van der Waals surface area contributed by atoms with Gasteiger partial charge in [-0.15, -0.1) is 0 Å². The van der Waals surface area contributed by atoms with Crippen LogP contribution in [0, 0.1) is 5.92 Å². The maximum Gasteiger partial charge on any atom is 0.0594 e. The van der Waals surface area contributed by atoms with Crippen LogP contribution in [0.15, 0.2) is 0 Å². The Balaban J connectivity index is 2.04. The number of morpholine rings is 1. The summed E-state index contributed by atoms with van der Waals surface area (Å²) in [4.78, 5) is 2.55. The molecule has 2 unspecified atom stereocenters. The third-order valence-electron chi connectivity index (χ3n) is 4.33. The van der Waals surface area contributed by atoms with Crippen molar-refractivity contribution in [3.8, 4) is 0 Å². The second-order valence-corrected chi connectivity index (χ2v) is 5.64. The fourth-order valence-electron chi connectivity index (χ4n) is 3.32. The highest BCUT2D eigenvalue weighted by Crippen LogP contribution is 2.29. The molecule has 2 fully saturated rings. The zero-order valence-electron chi connectivity index (χ0n) is 11.4. The van der Waals surface area contributed by atoms with Gasteiger partial charge < -0.3 is 14.8 Å². The molecule has 0 amide bonds. The van der Waals surface area contributed by atoms with Gasteiger partial charge in [0.1, 0.15) is 0 Å². The SMILES string of the molecule is CNC(C1CCOC1)C(C)(C)N1CCOCC1. The summed E-state index contributed by atoms with van der Waals surface area (Å²) in [6, 6.07) is 0.489. The monoisotopic (exact) mass is 242 g/mol. The molecule has 4 heteroatoms. The van der Waals surface area contributed by atoms with Gasteiger partial charge in [0, 0.05) is 37.2 Å². The second-order valence-electron chi connectivity index (χ2n) is 5.64. The maximum absolute atomic E-state index is 5.54.